The number of carbonyl (C=O) groups is 1. The Morgan fingerprint density at radius 2 is 1.63 bits per heavy atom. The maximum absolute atomic E-state index is 11.6. The molecule has 0 N–H and O–H groups in total. The highest BCUT2D eigenvalue weighted by Crippen LogP contribution is 2.37. The molecule has 2 atom stereocenters. The molecule has 0 saturated heterocycles. The molecular weight excluding hydrogens is 240 g/mol. The lowest BCUT2D eigenvalue weighted by Crippen LogP contribution is -2.21. The zero-order valence-electron chi connectivity index (χ0n) is 10.6. The van der Waals surface area contributed by atoms with Gasteiger partial charge in [-0.1, -0.05) is 48.5 Å². The SMILES string of the molecule is CC1OC(=O)Oc2ccccc2C1c1ccccc1. The summed E-state index contributed by atoms with van der Waals surface area (Å²) < 4.78 is 10.5. The van der Waals surface area contributed by atoms with Gasteiger partial charge in [0, 0.05) is 11.5 Å². The van der Waals surface area contributed by atoms with Gasteiger partial charge in [-0.15, -0.1) is 0 Å². The van der Waals surface area contributed by atoms with Crippen molar-refractivity contribution >= 4 is 6.16 Å². The Kier molecular flexibility index (Phi) is 2.95. The van der Waals surface area contributed by atoms with Crippen LogP contribution in [0.15, 0.2) is 54.6 Å². The monoisotopic (exact) mass is 254 g/mol. The number of ether oxygens (including phenoxy) is 2. The first-order valence-electron chi connectivity index (χ1n) is 6.28. The van der Waals surface area contributed by atoms with Gasteiger partial charge in [0.2, 0.25) is 0 Å². The highest BCUT2D eigenvalue weighted by molar-refractivity contribution is 5.67. The molecule has 1 aliphatic heterocycles. The summed E-state index contributed by atoms with van der Waals surface area (Å²) >= 11 is 0. The largest absolute Gasteiger partial charge is 0.514 e. The van der Waals surface area contributed by atoms with E-state index in [9.17, 15) is 4.79 Å². The Hall–Kier alpha value is -2.29. The second kappa shape index (κ2) is 4.76. The van der Waals surface area contributed by atoms with Gasteiger partial charge < -0.3 is 9.47 Å². The normalized spacial score (nSPS) is 21.8. The maximum atomic E-state index is 11.6. The van der Waals surface area contributed by atoms with Gasteiger partial charge in [0.05, 0.1) is 0 Å². The summed E-state index contributed by atoms with van der Waals surface area (Å²) in [5, 5.41) is 0. The van der Waals surface area contributed by atoms with E-state index in [4.69, 9.17) is 9.47 Å². The lowest BCUT2D eigenvalue weighted by atomic mass is 9.87. The van der Waals surface area contributed by atoms with Crippen molar-refractivity contribution in [3.8, 4) is 5.75 Å². The van der Waals surface area contributed by atoms with Crippen molar-refractivity contribution in [3.05, 3.63) is 65.7 Å². The summed E-state index contributed by atoms with van der Waals surface area (Å²) in [5.74, 6) is 0.564. The number of benzene rings is 2. The Balaban J connectivity index is 2.14. The van der Waals surface area contributed by atoms with Crippen LogP contribution in [-0.4, -0.2) is 12.3 Å². The van der Waals surface area contributed by atoms with Gasteiger partial charge in [0.1, 0.15) is 11.9 Å². The van der Waals surface area contributed by atoms with Gasteiger partial charge >= 0.3 is 6.16 Å². The van der Waals surface area contributed by atoms with Crippen molar-refractivity contribution in [2.75, 3.05) is 0 Å². The second-order valence-electron chi connectivity index (χ2n) is 4.60. The average molecular weight is 254 g/mol. The lowest BCUT2D eigenvalue weighted by Gasteiger charge is -2.21. The molecule has 3 nitrogen and oxygen atoms in total. The van der Waals surface area contributed by atoms with E-state index in [-0.39, 0.29) is 12.0 Å². The molecule has 19 heavy (non-hydrogen) atoms. The molecule has 96 valence electrons. The third-order valence-electron chi connectivity index (χ3n) is 3.36. The third kappa shape index (κ3) is 2.19. The van der Waals surface area contributed by atoms with Crippen LogP contribution in [0.3, 0.4) is 0 Å². The summed E-state index contributed by atoms with van der Waals surface area (Å²) in [6, 6.07) is 17.6. The van der Waals surface area contributed by atoms with Crippen LogP contribution in [0.4, 0.5) is 4.79 Å². The van der Waals surface area contributed by atoms with E-state index >= 15 is 0 Å². The first kappa shape index (κ1) is 11.8. The lowest BCUT2D eigenvalue weighted by molar-refractivity contribution is 0.0676. The molecule has 3 heteroatoms. The second-order valence-corrected chi connectivity index (χ2v) is 4.60. The van der Waals surface area contributed by atoms with Crippen molar-refractivity contribution in [3.63, 3.8) is 0 Å². The zero-order chi connectivity index (χ0) is 13.2. The highest BCUT2D eigenvalue weighted by atomic mass is 16.7. The minimum atomic E-state index is -0.640. The van der Waals surface area contributed by atoms with Crippen LogP contribution >= 0.6 is 0 Å². The number of rotatable bonds is 1. The van der Waals surface area contributed by atoms with Crippen molar-refractivity contribution in [2.45, 2.75) is 18.9 Å². The van der Waals surface area contributed by atoms with Crippen LogP contribution in [0.2, 0.25) is 0 Å². The molecule has 0 fully saturated rings. The summed E-state index contributed by atoms with van der Waals surface area (Å²) in [4.78, 5) is 11.6. The minimum absolute atomic E-state index is 0.0103. The quantitative estimate of drug-likeness (QED) is 0.574. The molecule has 3 rings (SSSR count). The minimum Gasteiger partial charge on any atom is -0.430 e. The van der Waals surface area contributed by atoms with Gasteiger partial charge in [-0.25, -0.2) is 4.79 Å². The molecular formula is C16H14O3. The fourth-order valence-electron chi connectivity index (χ4n) is 2.53. The topological polar surface area (TPSA) is 35.5 Å². The summed E-state index contributed by atoms with van der Waals surface area (Å²) in [5.41, 5.74) is 2.09. The number of hydrogen-bond donors (Lipinski definition) is 0. The molecule has 0 radical (unpaired) electrons. The van der Waals surface area contributed by atoms with E-state index in [0.717, 1.165) is 11.1 Å². The molecule has 1 aliphatic rings. The van der Waals surface area contributed by atoms with Crippen LogP contribution in [0, 0.1) is 0 Å². The van der Waals surface area contributed by atoms with Gasteiger partial charge in [0.15, 0.2) is 0 Å². The fraction of sp³-hybridized carbons (Fsp3) is 0.188. The van der Waals surface area contributed by atoms with Gasteiger partial charge in [-0.2, -0.15) is 0 Å². The molecule has 1 heterocycles. The Bertz CT molecular complexity index is 592. The highest BCUT2D eigenvalue weighted by Gasteiger charge is 2.31. The first-order valence-corrected chi connectivity index (χ1v) is 6.28. The molecule has 2 aromatic rings. The van der Waals surface area contributed by atoms with E-state index in [1.54, 1.807) is 6.07 Å². The molecule has 2 aromatic carbocycles. The van der Waals surface area contributed by atoms with E-state index in [1.165, 1.54) is 0 Å². The Morgan fingerprint density at radius 1 is 0.947 bits per heavy atom. The van der Waals surface area contributed by atoms with Crippen LogP contribution in [0.5, 0.6) is 5.75 Å². The van der Waals surface area contributed by atoms with Crippen molar-refractivity contribution < 1.29 is 14.3 Å². The predicted octanol–water partition coefficient (Wildman–Crippen LogP) is 3.74. The van der Waals surface area contributed by atoms with Crippen molar-refractivity contribution in [1.82, 2.24) is 0 Å². The van der Waals surface area contributed by atoms with Gasteiger partial charge in [-0.05, 0) is 18.6 Å². The fourth-order valence-corrected chi connectivity index (χ4v) is 2.53. The maximum Gasteiger partial charge on any atom is 0.514 e. The van der Waals surface area contributed by atoms with Crippen LogP contribution in [0.25, 0.3) is 0 Å². The summed E-state index contributed by atoms with van der Waals surface area (Å²) in [6.07, 6.45) is -0.906. The Labute approximate surface area is 111 Å². The molecule has 0 spiro atoms. The van der Waals surface area contributed by atoms with E-state index < -0.39 is 6.16 Å². The zero-order valence-corrected chi connectivity index (χ0v) is 10.6. The van der Waals surface area contributed by atoms with Crippen LogP contribution in [-0.2, 0) is 4.74 Å². The average Bonchev–Trinajstić information content (AvgIpc) is 2.54. The van der Waals surface area contributed by atoms with Crippen molar-refractivity contribution in [1.29, 1.82) is 0 Å². The van der Waals surface area contributed by atoms with E-state index in [0.29, 0.717) is 5.75 Å². The smallest absolute Gasteiger partial charge is 0.430 e. The molecule has 0 bridgehead atoms. The number of carbonyl (C=O) groups excluding carboxylic acids is 1. The molecule has 2 unspecified atom stereocenters. The van der Waals surface area contributed by atoms with Crippen LogP contribution < -0.4 is 4.74 Å². The Morgan fingerprint density at radius 3 is 2.42 bits per heavy atom. The number of cyclic esters (lactones) is 1. The van der Waals surface area contributed by atoms with Gasteiger partial charge in [-0.3, -0.25) is 0 Å². The standard InChI is InChI=1S/C16H14O3/c1-11-15(12-7-3-2-4-8-12)13-9-5-6-10-14(13)19-16(17)18-11/h2-11,15H,1H3. The number of fused-ring (bicyclic) bond motifs is 1. The van der Waals surface area contributed by atoms with E-state index in [1.807, 2.05) is 55.5 Å². The first-order chi connectivity index (χ1) is 9.25. The predicted molar refractivity (Wildman–Crippen MR) is 71.3 cm³/mol. The summed E-state index contributed by atoms with van der Waals surface area (Å²) in [7, 11) is 0. The third-order valence-corrected chi connectivity index (χ3v) is 3.36. The molecule has 0 amide bonds. The van der Waals surface area contributed by atoms with Crippen molar-refractivity contribution in [2.24, 2.45) is 0 Å². The number of para-hydroxylation sites is 1. The number of hydrogen-bond acceptors (Lipinski definition) is 3. The van der Waals surface area contributed by atoms with Gasteiger partial charge in [0.25, 0.3) is 0 Å². The molecule has 0 aliphatic carbocycles. The van der Waals surface area contributed by atoms with E-state index in [2.05, 4.69) is 0 Å². The molecule has 0 aromatic heterocycles. The molecule has 0 saturated carbocycles. The van der Waals surface area contributed by atoms with Crippen LogP contribution in [0.1, 0.15) is 24.0 Å². The summed E-state index contributed by atoms with van der Waals surface area (Å²) in [6.45, 7) is 1.89.